The normalized spacial score (nSPS) is 20.0. The van der Waals surface area contributed by atoms with Crippen LogP contribution in [0.2, 0.25) is 0 Å². The average Bonchev–Trinajstić information content (AvgIpc) is 2.35. The van der Waals surface area contributed by atoms with Gasteiger partial charge in [-0.3, -0.25) is 10.1 Å². The average molecular weight is 382 g/mol. The Labute approximate surface area is 135 Å². The molecule has 1 aromatic rings. The zero-order chi connectivity index (χ0) is 15.1. The van der Waals surface area contributed by atoms with Crippen molar-refractivity contribution >= 4 is 40.1 Å². The van der Waals surface area contributed by atoms with E-state index in [-0.39, 0.29) is 40.5 Å². The second-order valence-electron chi connectivity index (χ2n) is 5.26. The highest BCUT2D eigenvalue weighted by Gasteiger charge is 2.40. The maximum absolute atomic E-state index is 11.4. The number of nitro groups is 1. The summed E-state index contributed by atoms with van der Waals surface area (Å²) in [6.45, 7) is 3.83. The van der Waals surface area contributed by atoms with Crippen LogP contribution in [0.25, 0.3) is 0 Å². The van der Waals surface area contributed by atoms with Crippen molar-refractivity contribution in [2.24, 2.45) is 5.41 Å². The van der Waals surface area contributed by atoms with Crippen LogP contribution in [0.4, 0.5) is 10.5 Å². The number of benzene rings is 1. The van der Waals surface area contributed by atoms with Gasteiger partial charge in [-0.25, -0.2) is 4.79 Å². The van der Waals surface area contributed by atoms with Gasteiger partial charge in [0.1, 0.15) is 12.4 Å². The first kappa shape index (κ1) is 17.5. The molecule has 0 aromatic heterocycles. The molecule has 7 nitrogen and oxygen atoms in total. The van der Waals surface area contributed by atoms with E-state index in [1.165, 1.54) is 12.1 Å². The fraction of sp³-hybridized carbons (Fsp3) is 0.417. The minimum absolute atomic E-state index is 0. The highest BCUT2D eigenvalue weighted by Crippen LogP contribution is 2.43. The number of ether oxygens (including phenoxy) is 1. The van der Waals surface area contributed by atoms with Gasteiger partial charge in [-0.2, -0.15) is 0 Å². The molecule has 1 fully saturated rings. The molecule has 2 N–H and O–H groups in total. The van der Waals surface area contributed by atoms with Gasteiger partial charge in [-0.1, -0.05) is 13.8 Å². The molecule has 0 spiro atoms. The molecule has 2 rings (SSSR count). The summed E-state index contributed by atoms with van der Waals surface area (Å²) in [5.41, 5.74) is -0.394. The van der Waals surface area contributed by atoms with Crippen molar-refractivity contribution in [2.45, 2.75) is 19.9 Å². The zero-order valence-corrected chi connectivity index (χ0v) is 13.7. The number of carbonyl (C=O) groups is 1. The lowest BCUT2D eigenvalue weighted by Crippen LogP contribution is -2.46. The second-order valence-corrected chi connectivity index (χ2v) is 6.12. The van der Waals surface area contributed by atoms with Gasteiger partial charge in [0.2, 0.25) is 0 Å². The second kappa shape index (κ2) is 6.07. The number of hydrogen-bond acceptors (Lipinski definition) is 5. The van der Waals surface area contributed by atoms with Crippen LogP contribution in [0, 0.1) is 15.5 Å². The topological polar surface area (TPSA) is 102 Å². The summed E-state index contributed by atoms with van der Waals surface area (Å²) >= 11 is 3.09. The summed E-state index contributed by atoms with van der Waals surface area (Å²) in [4.78, 5) is 21.8. The number of aromatic hydroxyl groups is 1. The SMILES string of the molecule is CC1(C)COC(=O)N[C@H]1c1cc([N+](=O)[O-])cc(Br)c1O.Cl. The molecule has 1 atom stereocenters. The molecular weight excluding hydrogens is 367 g/mol. The molecular formula is C12H14BrClN2O5. The van der Waals surface area contributed by atoms with E-state index in [0.717, 1.165) is 0 Å². The highest BCUT2D eigenvalue weighted by molar-refractivity contribution is 9.10. The predicted octanol–water partition coefficient (Wildman–Crippen LogP) is 3.29. The summed E-state index contributed by atoms with van der Waals surface area (Å²) < 4.78 is 5.12. The van der Waals surface area contributed by atoms with Crippen LogP contribution in [0.15, 0.2) is 16.6 Å². The van der Waals surface area contributed by atoms with E-state index in [1.807, 2.05) is 13.8 Å². The number of phenols is 1. The van der Waals surface area contributed by atoms with Gasteiger partial charge in [-0.15, -0.1) is 12.4 Å². The Morgan fingerprint density at radius 3 is 2.71 bits per heavy atom. The number of halogens is 2. The van der Waals surface area contributed by atoms with Gasteiger partial charge in [0.25, 0.3) is 5.69 Å². The summed E-state index contributed by atoms with van der Waals surface area (Å²) in [7, 11) is 0. The van der Waals surface area contributed by atoms with E-state index in [0.29, 0.717) is 0 Å². The third kappa shape index (κ3) is 3.38. The van der Waals surface area contributed by atoms with E-state index in [4.69, 9.17) is 4.74 Å². The molecule has 0 bridgehead atoms. The minimum Gasteiger partial charge on any atom is -0.506 e. The summed E-state index contributed by atoms with van der Waals surface area (Å²) in [6, 6.07) is 1.89. The van der Waals surface area contributed by atoms with Crippen LogP contribution in [0.5, 0.6) is 5.75 Å². The number of cyclic esters (lactones) is 1. The van der Waals surface area contributed by atoms with Gasteiger partial charge >= 0.3 is 6.09 Å². The highest BCUT2D eigenvalue weighted by atomic mass is 79.9. The quantitative estimate of drug-likeness (QED) is 0.604. The van der Waals surface area contributed by atoms with Gasteiger partial charge < -0.3 is 15.2 Å². The molecule has 9 heteroatoms. The zero-order valence-electron chi connectivity index (χ0n) is 11.3. The number of nitrogens with one attached hydrogen (secondary N) is 1. The van der Waals surface area contributed by atoms with Gasteiger partial charge in [0.05, 0.1) is 15.4 Å². The number of nitro benzene ring substituents is 1. The third-order valence-corrected chi connectivity index (χ3v) is 3.82. The molecule has 116 valence electrons. The predicted molar refractivity (Wildman–Crippen MR) is 80.7 cm³/mol. The first-order valence-corrected chi connectivity index (χ1v) is 6.62. The maximum atomic E-state index is 11.4. The molecule has 1 aliphatic rings. The maximum Gasteiger partial charge on any atom is 0.407 e. The summed E-state index contributed by atoms with van der Waals surface area (Å²) in [5.74, 6) is -0.129. The van der Waals surface area contributed by atoms with E-state index >= 15 is 0 Å². The van der Waals surface area contributed by atoms with E-state index in [9.17, 15) is 20.0 Å². The first-order valence-electron chi connectivity index (χ1n) is 5.82. The summed E-state index contributed by atoms with van der Waals surface area (Å²) in [6.07, 6.45) is -0.614. The number of amides is 1. The van der Waals surface area contributed by atoms with E-state index < -0.39 is 22.5 Å². The van der Waals surface area contributed by atoms with Crippen LogP contribution < -0.4 is 5.32 Å². The minimum atomic E-state index is -0.614. The van der Waals surface area contributed by atoms with Crippen LogP contribution >= 0.6 is 28.3 Å². The lowest BCUT2D eigenvalue weighted by molar-refractivity contribution is -0.385. The van der Waals surface area contributed by atoms with Gasteiger partial charge in [0, 0.05) is 23.1 Å². The lowest BCUT2D eigenvalue weighted by Gasteiger charge is -2.38. The van der Waals surface area contributed by atoms with Crippen molar-refractivity contribution in [1.82, 2.24) is 5.32 Å². The van der Waals surface area contributed by atoms with Crippen molar-refractivity contribution in [2.75, 3.05) is 6.61 Å². The van der Waals surface area contributed by atoms with Crippen molar-refractivity contribution < 1.29 is 19.6 Å². The largest absolute Gasteiger partial charge is 0.506 e. The Hall–Kier alpha value is -1.54. The van der Waals surface area contributed by atoms with Gasteiger partial charge in [0.15, 0.2) is 0 Å². The third-order valence-electron chi connectivity index (χ3n) is 3.22. The summed E-state index contributed by atoms with van der Waals surface area (Å²) in [5, 5.41) is 23.6. The van der Waals surface area contributed by atoms with Crippen molar-refractivity contribution in [1.29, 1.82) is 0 Å². The Balaban J connectivity index is 0.00000220. The number of non-ortho nitro benzene ring substituents is 1. The van der Waals surface area contributed by atoms with Crippen LogP contribution in [-0.2, 0) is 4.74 Å². The molecule has 0 radical (unpaired) electrons. The standard InChI is InChI=1S/C12H13BrN2O5.ClH/c1-12(2)5-20-11(17)14-10(12)7-3-6(15(18)19)4-8(13)9(7)16;/h3-4,10,16H,5H2,1-2H3,(H,14,17);1H/t10-;/m0./s1. The Kier molecular flexibility index (Phi) is 5.06. The molecule has 0 aliphatic carbocycles. The number of nitrogens with zero attached hydrogens (tertiary/aromatic N) is 1. The van der Waals surface area contributed by atoms with E-state index in [1.54, 1.807) is 0 Å². The molecule has 1 amide bonds. The monoisotopic (exact) mass is 380 g/mol. The molecule has 1 aromatic carbocycles. The molecule has 1 heterocycles. The Morgan fingerprint density at radius 2 is 2.14 bits per heavy atom. The molecule has 0 saturated carbocycles. The number of rotatable bonds is 2. The molecule has 1 saturated heterocycles. The van der Waals surface area contributed by atoms with E-state index in [2.05, 4.69) is 21.2 Å². The van der Waals surface area contributed by atoms with Crippen LogP contribution in [0.3, 0.4) is 0 Å². The van der Waals surface area contributed by atoms with Gasteiger partial charge in [-0.05, 0) is 15.9 Å². The van der Waals surface area contributed by atoms with Crippen molar-refractivity contribution in [3.8, 4) is 5.75 Å². The molecule has 21 heavy (non-hydrogen) atoms. The lowest BCUT2D eigenvalue weighted by atomic mass is 9.80. The smallest absolute Gasteiger partial charge is 0.407 e. The molecule has 1 aliphatic heterocycles. The Bertz CT molecular complexity index is 593. The fourth-order valence-electron chi connectivity index (χ4n) is 2.12. The fourth-order valence-corrected chi connectivity index (χ4v) is 2.58. The number of phenolic OH excluding ortho intramolecular Hbond substituents is 1. The Morgan fingerprint density at radius 1 is 1.52 bits per heavy atom. The number of alkyl carbamates (subject to hydrolysis) is 1. The number of hydrogen-bond donors (Lipinski definition) is 2. The number of carbonyl (C=O) groups excluding carboxylic acids is 1. The van der Waals surface area contributed by atoms with Crippen LogP contribution in [0.1, 0.15) is 25.5 Å². The first-order chi connectivity index (χ1) is 9.22. The van der Waals surface area contributed by atoms with Crippen molar-refractivity contribution in [3.63, 3.8) is 0 Å². The van der Waals surface area contributed by atoms with Crippen LogP contribution in [-0.4, -0.2) is 22.7 Å². The van der Waals surface area contributed by atoms with Crippen molar-refractivity contribution in [3.05, 3.63) is 32.3 Å². The molecule has 0 unspecified atom stereocenters.